The minimum atomic E-state index is 0.772. The molecule has 0 unspecified atom stereocenters. The van der Waals surface area contributed by atoms with Gasteiger partial charge in [-0.3, -0.25) is 0 Å². The molecule has 54 valence electrons. The smallest absolute Gasteiger partial charge is 0.138 e. The molecule has 1 heterocycles. The summed E-state index contributed by atoms with van der Waals surface area (Å²) >= 11 is 0. The van der Waals surface area contributed by atoms with Gasteiger partial charge in [0.2, 0.25) is 0 Å². The van der Waals surface area contributed by atoms with Crippen molar-refractivity contribution in [3.05, 3.63) is 29.3 Å². The second kappa shape index (κ2) is 2.32. The molecule has 0 spiro atoms. The first-order valence-electron chi connectivity index (χ1n) is 3.63. The number of benzene rings is 1. The first-order chi connectivity index (χ1) is 5.42. The molecular weight excluding hydrogens is 136 g/mol. The topological polar surface area (TPSA) is 9.23 Å². The summed E-state index contributed by atoms with van der Waals surface area (Å²) in [5.41, 5.74) is 2.11. The van der Waals surface area contributed by atoms with Gasteiger partial charge in [-0.2, -0.15) is 0 Å². The average molecular weight is 144 g/mol. The van der Waals surface area contributed by atoms with E-state index in [1.807, 2.05) is 12.1 Å². The second-order valence-electron chi connectivity index (χ2n) is 2.54. The van der Waals surface area contributed by atoms with Gasteiger partial charge in [0.25, 0.3) is 0 Å². The van der Waals surface area contributed by atoms with Gasteiger partial charge in [0, 0.05) is 6.42 Å². The van der Waals surface area contributed by atoms with E-state index >= 15 is 0 Å². The number of hydrogen-bond donors (Lipinski definition) is 0. The summed E-state index contributed by atoms with van der Waals surface area (Å²) in [6, 6.07) is 5.94. The van der Waals surface area contributed by atoms with Crippen LogP contribution in [0.25, 0.3) is 0 Å². The highest BCUT2D eigenvalue weighted by atomic mass is 16.5. The highest BCUT2D eigenvalue weighted by molar-refractivity contribution is 5.51. The lowest BCUT2D eigenvalue weighted by Gasteiger charge is -1.99. The summed E-state index contributed by atoms with van der Waals surface area (Å²) in [6.07, 6.45) is 6.28. The van der Waals surface area contributed by atoms with E-state index in [2.05, 4.69) is 12.0 Å². The molecule has 0 amide bonds. The van der Waals surface area contributed by atoms with Crippen molar-refractivity contribution in [3.63, 3.8) is 0 Å². The van der Waals surface area contributed by atoms with Crippen molar-refractivity contribution in [1.29, 1.82) is 0 Å². The van der Waals surface area contributed by atoms with Crippen LogP contribution in [0.2, 0.25) is 0 Å². The molecule has 0 aromatic heterocycles. The van der Waals surface area contributed by atoms with E-state index < -0.39 is 0 Å². The van der Waals surface area contributed by atoms with Gasteiger partial charge >= 0.3 is 0 Å². The zero-order valence-electron chi connectivity index (χ0n) is 6.13. The SMILES string of the molecule is C#Cc1cccc2c1OCC2. The van der Waals surface area contributed by atoms with Crippen molar-refractivity contribution < 1.29 is 4.74 Å². The van der Waals surface area contributed by atoms with Gasteiger partial charge in [-0.05, 0) is 11.6 Å². The summed E-state index contributed by atoms with van der Waals surface area (Å²) in [6.45, 7) is 0.772. The van der Waals surface area contributed by atoms with Crippen LogP contribution in [0.1, 0.15) is 11.1 Å². The van der Waals surface area contributed by atoms with Crippen LogP contribution in [0.4, 0.5) is 0 Å². The zero-order chi connectivity index (χ0) is 7.68. The first kappa shape index (κ1) is 6.30. The largest absolute Gasteiger partial charge is 0.492 e. The number of para-hydroxylation sites is 1. The van der Waals surface area contributed by atoms with Crippen molar-refractivity contribution >= 4 is 0 Å². The number of terminal acetylenes is 1. The van der Waals surface area contributed by atoms with Crippen LogP contribution >= 0.6 is 0 Å². The Kier molecular flexibility index (Phi) is 1.33. The van der Waals surface area contributed by atoms with Gasteiger partial charge in [-0.1, -0.05) is 18.1 Å². The molecule has 2 rings (SSSR count). The Hall–Kier alpha value is -1.42. The van der Waals surface area contributed by atoms with E-state index in [1.165, 1.54) is 5.56 Å². The normalized spacial score (nSPS) is 13.4. The lowest BCUT2D eigenvalue weighted by Crippen LogP contribution is -1.88. The Labute approximate surface area is 66.0 Å². The molecule has 1 aliphatic heterocycles. The van der Waals surface area contributed by atoms with Crippen molar-refractivity contribution in [2.75, 3.05) is 6.61 Å². The summed E-state index contributed by atoms with van der Waals surface area (Å²) in [5.74, 6) is 3.51. The van der Waals surface area contributed by atoms with E-state index in [0.717, 1.165) is 24.3 Å². The van der Waals surface area contributed by atoms with Crippen molar-refractivity contribution in [2.24, 2.45) is 0 Å². The molecule has 0 N–H and O–H groups in total. The van der Waals surface area contributed by atoms with Crippen LogP contribution in [0.3, 0.4) is 0 Å². The van der Waals surface area contributed by atoms with E-state index in [4.69, 9.17) is 11.2 Å². The van der Waals surface area contributed by atoms with Crippen LogP contribution in [-0.4, -0.2) is 6.61 Å². The molecule has 0 aliphatic carbocycles. The summed E-state index contributed by atoms with van der Waals surface area (Å²) in [4.78, 5) is 0. The Morgan fingerprint density at radius 3 is 3.18 bits per heavy atom. The summed E-state index contributed by atoms with van der Waals surface area (Å²) in [7, 11) is 0. The maximum Gasteiger partial charge on any atom is 0.138 e. The maximum absolute atomic E-state index is 5.38. The highest BCUT2D eigenvalue weighted by Crippen LogP contribution is 2.28. The third kappa shape index (κ3) is 0.877. The first-order valence-corrected chi connectivity index (χ1v) is 3.63. The molecular formula is C10H8O. The van der Waals surface area contributed by atoms with Gasteiger partial charge in [0.15, 0.2) is 0 Å². The molecule has 1 aromatic rings. The Morgan fingerprint density at radius 2 is 2.36 bits per heavy atom. The molecule has 0 fully saturated rings. The average Bonchev–Trinajstić information content (AvgIpc) is 2.50. The zero-order valence-corrected chi connectivity index (χ0v) is 6.13. The number of ether oxygens (including phenoxy) is 1. The van der Waals surface area contributed by atoms with Crippen LogP contribution in [0.5, 0.6) is 5.75 Å². The maximum atomic E-state index is 5.38. The minimum absolute atomic E-state index is 0.772. The predicted molar refractivity (Wildman–Crippen MR) is 43.6 cm³/mol. The van der Waals surface area contributed by atoms with Gasteiger partial charge in [-0.25, -0.2) is 0 Å². The standard InChI is InChI=1S/C10H8O/c1-2-8-4-3-5-9-6-7-11-10(8)9/h1,3-5H,6-7H2. The van der Waals surface area contributed by atoms with Gasteiger partial charge in [0.1, 0.15) is 5.75 Å². The fourth-order valence-electron chi connectivity index (χ4n) is 1.33. The second-order valence-corrected chi connectivity index (χ2v) is 2.54. The third-order valence-electron chi connectivity index (χ3n) is 1.87. The molecule has 1 heteroatoms. The van der Waals surface area contributed by atoms with Crippen LogP contribution in [-0.2, 0) is 6.42 Å². The fraction of sp³-hybridized carbons (Fsp3) is 0.200. The lowest BCUT2D eigenvalue weighted by atomic mass is 10.1. The molecule has 0 saturated heterocycles. The summed E-state index contributed by atoms with van der Waals surface area (Å²) in [5, 5.41) is 0. The lowest BCUT2D eigenvalue weighted by molar-refractivity contribution is 0.356. The third-order valence-corrected chi connectivity index (χ3v) is 1.87. The number of fused-ring (bicyclic) bond motifs is 1. The molecule has 0 bridgehead atoms. The molecule has 0 saturated carbocycles. The quantitative estimate of drug-likeness (QED) is 0.502. The van der Waals surface area contributed by atoms with E-state index in [0.29, 0.717) is 0 Å². The molecule has 1 aromatic carbocycles. The predicted octanol–water partition coefficient (Wildman–Crippen LogP) is 1.60. The number of rotatable bonds is 0. The van der Waals surface area contributed by atoms with E-state index in [9.17, 15) is 0 Å². The Bertz CT molecular complexity index is 320. The van der Waals surface area contributed by atoms with E-state index in [1.54, 1.807) is 0 Å². The molecule has 1 nitrogen and oxygen atoms in total. The van der Waals surface area contributed by atoms with Crippen molar-refractivity contribution in [3.8, 4) is 18.1 Å². The van der Waals surface area contributed by atoms with E-state index in [-0.39, 0.29) is 0 Å². The van der Waals surface area contributed by atoms with Crippen molar-refractivity contribution in [2.45, 2.75) is 6.42 Å². The monoisotopic (exact) mass is 144 g/mol. The van der Waals surface area contributed by atoms with Crippen molar-refractivity contribution in [1.82, 2.24) is 0 Å². The van der Waals surface area contributed by atoms with Crippen LogP contribution in [0.15, 0.2) is 18.2 Å². The Balaban J connectivity index is 2.61. The molecule has 1 aliphatic rings. The number of hydrogen-bond acceptors (Lipinski definition) is 1. The van der Waals surface area contributed by atoms with Crippen LogP contribution < -0.4 is 4.74 Å². The van der Waals surface area contributed by atoms with Gasteiger partial charge in [0.05, 0.1) is 12.2 Å². The molecule has 11 heavy (non-hydrogen) atoms. The fourth-order valence-corrected chi connectivity index (χ4v) is 1.33. The summed E-state index contributed by atoms with van der Waals surface area (Å²) < 4.78 is 5.38. The van der Waals surface area contributed by atoms with Crippen LogP contribution in [0, 0.1) is 12.3 Å². The minimum Gasteiger partial charge on any atom is -0.492 e. The molecule has 0 atom stereocenters. The van der Waals surface area contributed by atoms with Gasteiger partial charge in [-0.15, -0.1) is 6.42 Å². The Morgan fingerprint density at radius 1 is 1.45 bits per heavy atom. The van der Waals surface area contributed by atoms with Gasteiger partial charge < -0.3 is 4.74 Å². The highest BCUT2D eigenvalue weighted by Gasteiger charge is 2.13. The molecule has 0 radical (unpaired) electrons.